The molecule has 3 nitrogen and oxygen atoms in total. The van der Waals surface area contributed by atoms with Gasteiger partial charge in [0.05, 0.1) is 5.75 Å². The van der Waals surface area contributed by atoms with E-state index in [0.717, 1.165) is 11.1 Å². The summed E-state index contributed by atoms with van der Waals surface area (Å²) in [5.74, 6) is 6.60. The largest absolute Gasteiger partial charge is 0.288 e. The van der Waals surface area contributed by atoms with Crippen molar-refractivity contribution < 1.29 is 13.2 Å². The summed E-state index contributed by atoms with van der Waals surface area (Å²) in [5.41, 5.74) is 1.46. The highest BCUT2D eigenvalue weighted by atomic mass is 32.2. The zero-order chi connectivity index (χ0) is 14.3. The van der Waals surface area contributed by atoms with Gasteiger partial charge < -0.3 is 0 Å². The van der Waals surface area contributed by atoms with Crippen molar-refractivity contribution in [2.24, 2.45) is 0 Å². The monoisotopic (exact) mass is 296 g/mol. The third-order valence-corrected chi connectivity index (χ3v) is 3.84. The molecule has 0 amide bonds. The Morgan fingerprint density at radius 1 is 1.32 bits per heavy atom. The Labute approximate surface area is 118 Å². The van der Waals surface area contributed by atoms with E-state index in [4.69, 9.17) is 0 Å². The number of hydrogen-bond donors (Lipinski definition) is 0. The Kier molecular flexibility index (Phi) is 6.13. The van der Waals surface area contributed by atoms with E-state index in [1.54, 1.807) is 12.1 Å². The summed E-state index contributed by atoms with van der Waals surface area (Å²) >= 11 is 1.24. The van der Waals surface area contributed by atoms with Crippen LogP contribution >= 0.6 is 11.8 Å². The first-order valence-corrected chi connectivity index (χ1v) is 8.81. The molecule has 0 atom stereocenters. The lowest BCUT2D eigenvalue weighted by Crippen LogP contribution is -2.02. The Hall–Kier alpha value is -1.25. The molecular formula is C14H16O3S2. The molecule has 0 spiro atoms. The molecule has 0 unspecified atom stereocenters. The van der Waals surface area contributed by atoms with E-state index in [0.29, 0.717) is 12.2 Å². The minimum atomic E-state index is -3.06. The van der Waals surface area contributed by atoms with Crippen molar-refractivity contribution >= 4 is 26.7 Å². The molecule has 0 saturated heterocycles. The molecule has 0 aliphatic rings. The number of thioether (sulfide) groups is 1. The molecule has 0 aromatic heterocycles. The zero-order valence-corrected chi connectivity index (χ0v) is 12.6. The summed E-state index contributed by atoms with van der Waals surface area (Å²) < 4.78 is 22.6. The van der Waals surface area contributed by atoms with E-state index < -0.39 is 9.84 Å². The van der Waals surface area contributed by atoms with Gasteiger partial charge in [-0.2, -0.15) is 0 Å². The maximum Gasteiger partial charge on any atom is 0.185 e. The van der Waals surface area contributed by atoms with E-state index in [2.05, 4.69) is 11.8 Å². The maximum atomic E-state index is 11.3. The number of hydrogen-bond acceptors (Lipinski definition) is 4. The summed E-state index contributed by atoms with van der Waals surface area (Å²) in [6.07, 6.45) is 1.82. The third-order valence-electron chi connectivity index (χ3n) is 2.19. The van der Waals surface area contributed by atoms with Crippen LogP contribution in [-0.4, -0.2) is 25.5 Å². The van der Waals surface area contributed by atoms with E-state index >= 15 is 0 Å². The van der Waals surface area contributed by atoms with Gasteiger partial charge in [-0.05, 0) is 11.6 Å². The molecule has 0 heterocycles. The minimum Gasteiger partial charge on any atom is -0.288 e. The van der Waals surface area contributed by atoms with Crippen LogP contribution in [0.4, 0.5) is 0 Å². The van der Waals surface area contributed by atoms with Crippen LogP contribution < -0.4 is 0 Å². The first kappa shape index (κ1) is 15.8. The second-order valence-corrected chi connectivity index (χ2v) is 7.53. The summed E-state index contributed by atoms with van der Waals surface area (Å²) in [5, 5.41) is 0.0827. The fourth-order valence-electron chi connectivity index (χ4n) is 1.45. The number of benzene rings is 1. The molecule has 0 N–H and O–H groups in total. The first-order valence-electron chi connectivity index (χ1n) is 5.76. The highest BCUT2D eigenvalue weighted by molar-refractivity contribution is 8.13. The average Bonchev–Trinajstić information content (AvgIpc) is 2.28. The Bertz CT molecular complexity index is 607. The van der Waals surface area contributed by atoms with Crippen molar-refractivity contribution in [3.63, 3.8) is 0 Å². The summed E-state index contributed by atoms with van der Waals surface area (Å²) in [6.45, 7) is 1.53. The summed E-state index contributed by atoms with van der Waals surface area (Å²) in [4.78, 5) is 10.7. The molecule has 0 aliphatic carbocycles. The standard InChI is InChI=1S/C14H16O3S2/c1-12(15)18-10-6-5-8-13-7-3-4-9-14(13)11-19(2,16)17/h3-4,7,9H,6,10-11H2,1-2H3. The fourth-order valence-corrected chi connectivity index (χ4v) is 2.76. The summed E-state index contributed by atoms with van der Waals surface area (Å²) in [7, 11) is -3.06. The molecule has 1 rings (SSSR count). The molecule has 0 fully saturated rings. The molecule has 102 valence electrons. The lowest BCUT2D eigenvalue weighted by molar-refractivity contribution is -0.109. The maximum absolute atomic E-state index is 11.3. The highest BCUT2D eigenvalue weighted by Gasteiger charge is 2.07. The van der Waals surface area contributed by atoms with Crippen molar-refractivity contribution in [1.29, 1.82) is 0 Å². The van der Waals surface area contributed by atoms with Gasteiger partial charge in [-0.25, -0.2) is 8.42 Å². The number of rotatable bonds is 4. The van der Waals surface area contributed by atoms with Crippen LogP contribution in [0.25, 0.3) is 0 Å². The molecule has 0 bridgehead atoms. The van der Waals surface area contributed by atoms with Crippen molar-refractivity contribution in [2.75, 3.05) is 12.0 Å². The second kappa shape index (κ2) is 7.37. The van der Waals surface area contributed by atoms with Gasteiger partial charge >= 0.3 is 0 Å². The predicted molar refractivity (Wildman–Crippen MR) is 79.6 cm³/mol. The van der Waals surface area contributed by atoms with Gasteiger partial charge in [-0.1, -0.05) is 41.8 Å². The summed E-state index contributed by atoms with van der Waals surface area (Å²) in [6, 6.07) is 7.22. The van der Waals surface area contributed by atoms with Gasteiger partial charge in [-0.3, -0.25) is 4.79 Å². The van der Waals surface area contributed by atoms with Crippen LogP contribution in [0, 0.1) is 11.8 Å². The molecule has 1 aromatic carbocycles. The highest BCUT2D eigenvalue weighted by Crippen LogP contribution is 2.11. The molecule has 19 heavy (non-hydrogen) atoms. The van der Waals surface area contributed by atoms with Gasteiger partial charge in [0.25, 0.3) is 0 Å². The number of sulfone groups is 1. The normalized spacial score (nSPS) is 10.6. The number of carbonyl (C=O) groups excluding carboxylic acids is 1. The predicted octanol–water partition coefficient (Wildman–Crippen LogP) is 2.25. The molecule has 1 aromatic rings. The van der Waals surface area contributed by atoms with Crippen molar-refractivity contribution in [3.05, 3.63) is 35.4 Å². The van der Waals surface area contributed by atoms with E-state index in [1.165, 1.54) is 24.9 Å². The molecule has 0 aliphatic heterocycles. The van der Waals surface area contributed by atoms with E-state index in [-0.39, 0.29) is 10.9 Å². The first-order chi connectivity index (χ1) is 8.88. The molecule has 0 radical (unpaired) electrons. The third kappa shape index (κ3) is 7.04. The van der Waals surface area contributed by atoms with Gasteiger partial charge in [0.15, 0.2) is 15.0 Å². The SMILES string of the molecule is CC(=O)SCCC#Cc1ccccc1CS(C)(=O)=O. The van der Waals surface area contributed by atoms with Gasteiger partial charge in [0, 0.05) is 30.9 Å². The lowest BCUT2D eigenvalue weighted by Gasteiger charge is -2.02. The molecule has 5 heteroatoms. The molecular weight excluding hydrogens is 280 g/mol. The van der Waals surface area contributed by atoms with Gasteiger partial charge in [0.2, 0.25) is 0 Å². The smallest absolute Gasteiger partial charge is 0.185 e. The van der Waals surface area contributed by atoms with Crippen molar-refractivity contribution in [3.8, 4) is 11.8 Å². The zero-order valence-electron chi connectivity index (χ0n) is 11.0. The Balaban J connectivity index is 2.73. The fraction of sp³-hybridized carbons (Fsp3) is 0.357. The quantitative estimate of drug-likeness (QED) is 0.631. The van der Waals surface area contributed by atoms with Crippen LogP contribution in [0.1, 0.15) is 24.5 Å². The average molecular weight is 296 g/mol. The van der Waals surface area contributed by atoms with E-state index in [9.17, 15) is 13.2 Å². The lowest BCUT2D eigenvalue weighted by atomic mass is 10.1. The van der Waals surface area contributed by atoms with Crippen molar-refractivity contribution in [1.82, 2.24) is 0 Å². The van der Waals surface area contributed by atoms with Crippen LogP contribution in [0.3, 0.4) is 0 Å². The van der Waals surface area contributed by atoms with Crippen LogP contribution in [-0.2, 0) is 20.4 Å². The van der Waals surface area contributed by atoms with Crippen LogP contribution in [0.5, 0.6) is 0 Å². The van der Waals surface area contributed by atoms with Gasteiger partial charge in [-0.15, -0.1) is 0 Å². The van der Waals surface area contributed by atoms with E-state index in [1.807, 2.05) is 12.1 Å². The Morgan fingerprint density at radius 3 is 2.63 bits per heavy atom. The number of carbonyl (C=O) groups is 1. The van der Waals surface area contributed by atoms with Crippen LogP contribution in [0.2, 0.25) is 0 Å². The van der Waals surface area contributed by atoms with Crippen molar-refractivity contribution in [2.45, 2.75) is 19.1 Å². The van der Waals surface area contributed by atoms with Crippen LogP contribution in [0.15, 0.2) is 24.3 Å². The second-order valence-electron chi connectivity index (χ2n) is 4.12. The molecule has 0 saturated carbocycles. The topological polar surface area (TPSA) is 51.2 Å². The minimum absolute atomic E-state index is 0.0000489. The van der Waals surface area contributed by atoms with Gasteiger partial charge in [0.1, 0.15) is 0 Å². The Morgan fingerprint density at radius 2 is 2.00 bits per heavy atom.